The Morgan fingerprint density at radius 2 is 1.86 bits per heavy atom. The van der Waals surface area contributed by atoms with Crippen LogP contribution in [0.3, 0.4) is 0 Å². The number of rotatable bonds is 7. The minimum Gasteiger partial charge on any atom is -0.395 e. The van der Waals surface area contributed by atoms with Gasteiger partial charge in [-0.15, -0.1) is 0 Å². The highest BCUT2D eigenvalue weighted by atomic mass is 35.5. The van der Waals surface area contributed by atoms with E-state index in [9.17, 15) is 5.11 Å². The van der Waals surface area contributed by atoms with Crippen LogP contribution in [-0.4, -0.2) is 17.8 Å². The Bertz CT molecular complexity index is 544. The lowest BCUT2D eigenvalue weighted by Crippen LogP contribution is -2.37. The summed E-state index contributed by atoms with van der Waals surface area (Å²) in [7, 11) is 0. The Morgan fingerprint density at radius 1 is 1.10 bits per heavy atom. The van der Waals surface area contributed by atoms with Crippen molar-refractivity contribution in [3.05, 3.63) is 70.7 Å². The predicted octanol–water partition coefficient (Wildman–Crippen LogP) is 3.98. The van der Waals surface area contributed by atoms with Gasteiger partial charge in [-0.3, -0.25) is 0 Å². The van der Waals surface area contributed by atoms with E-state index in [0.717, 1.165) is 23.4 Å². The molecule has 2 nitrogen and oxygen atoms in total. The monoisotopic (exact) mass is 303 g/mol. The molecule has 0 amide bonds. The molecule has 2 aromatic carbocycles. The highest BCUT2D eigenvalue weighted by Gasteiger charge is 2.15. The summed E-state index contributed by atoms with van der Waals surface area (Å²) in [4.78, 5) is 0. The van der Waals surface area contributed by atoms with Crippen LogP contribution >= 0.6 is 11.6 Å². The van der Waals surface area contributed by atoms with E-state index in [4.69, 9.17) is 11.6 Å². The van der Waals surface area contributed by atoms with E-state index in [1.807, 2.05) is 36.4 Å². The zero-order valence-corrected chi connectivity index (χ0v) is 13.1. The van der Waals surface area contributed by atoms with Gasteiger partial charge in [0, 0.05) is 17.1 Å². The van der Waals surface area contributed by atoms with Gasteiger partial charge in [-0.1, -0.05) is 61.0 Å². The minimum atomic E-state index is 0.0383. The summed E-state index contributed by atoms with van der Waals surface area (Å²) >= 11 is 6.07. The van der Waals surface area contributed by atoms with Gasteiger partial charge >= 0.3 is 0 Å². The van der Waals surface area contributed by atoms with Gasteiger partial charge in [0.05, 0.1) is 6.61 Å². The van der Waals surface area contributed by atoms with Crippen LogP contribution in [0.2, 0.25) is 5.02 Å². The van der Waals surface area contributed by atoms with E-state index in [-0.39, 0.29) is 18.7 Å². The third-order valence-corrected chi connectivity index (χ3v) is 3.88. The van der Waals surface area contributed by atoms with Crippen LogP contribution in [0.5, 0.6) is 0 Å². The highest BCUT2D eigenvalue weighted by molar-refractivity contribution is 6.30. The second-order valence-corrected chi connectivity index (χ2v) is 5.69. The van der Waals surface area contributed by atoms with Crippen LogP contribution in [0, 0.1) is 0 Å². The van der Waals surface area contributed by atoms with E-state index in [1.54, 1.807) is 0 Å². The van der Waals surface area contributed by atoms with Gasteiger partial charge in [0.2, 0.25) is 0 Å². The van der Waals surface area contributed by atoms with Crippen molar-refractivity contribution in [1.82, 2.24) is 5.32 Å². The minimum absolute atomic E-state index is 0.0383. The molecular formula is C18H22ClNO. The molecule has 0 radical (unpaired) electrons. The largest absolute Gasteiger partial charge is 0.395 e. The Morgan fingerprint density at radius 3 is 2.48 bits per heavy atom. The molecule has 0 spiro atoms. The number of aliphatic hydroxyl groups excluding tert-OH is 1. The average molecular weight is 304 g/mol. The summed E-state index contributed by atoms with van der Waals surface area (Å²) in [5, 5.41) is 13.9. The molecule has 2 rings (SSSR count). The van der Waals surface area contributed by atoms with Crippen LogP contribution < -0.4 is 5.32 Å². The molecule has 0 aromatic heterocycles. The fourth-order valence-electron chi connectivity index (χ4n) is 2.53. The molecule has 2 N–H and O–H groups in total. The van der Waals surface area contributed by atoms with Gasteiger partial charge < -0.3 is 10.4 Å². The highest BCUT2D eigenvalue weighted by Crippen LogP contribution is 2.21. The summed E-state index contributed by atoms with van der Waals surface area (Å²) in [6, 6.07) is 18.4. The van der Waals surface area contributed by atoms with Gasteiger partial charge in [0.25, 0.3) is 0 Å². The second kappa shape index (κ2) is 8.18. The third-order valence-electron chi connectivity index (χ3n) is 3.64. The number of aliphatic hydroxyl groups is 1. The van der Waals surface area contributed by atoms with Crippen LogP contribution in [0.4, 0.5) is 0 Å². The van der Waals surface area contributed by atoms with Crippen molar-refractivity contribution in [1.29, 1.82) is 0 Å². The van der Waals surface area contributed by atoms with Crippen molar-refractivity contribution in [2.45, 2.75) is 31.8 Å². The molecule has 2 atom stereocenters. The quantitative estimate of drug-likeness (QED) is 0.811. The maximum atomic E-state index is 9.64. The molecule has 0 bridgehead atoms. The first-order chi connectivity index (χ1) is 10.2. The van der Waals surface area contributed by atoms with Gasteiger partial charge in [-0.05, 0) is 36.1 Å². The summed E-state index contributed by atoms with van der Waals surface area (Å²) < 4.78 is 0. The van der Waals surface area contributed by atoms with E-state index < -0.39 is 0 Å². The Labute approximate surface area is 131 Å². The number of nitrogens with one attached hydrogen (secondary N) is 1. The zero-order valence-electron chi connectivity index (χ0n) is 12.3. The molecule has 0 fully saturated rings. The Hall–Kier alpha value is -1.35. The maximum Gasteiger partial charge on any atom is 0.0588 e. The van der Waals surface area contributed by atoms with Crippen LogP contribution in [0.15, 0.2) is 54.6 Å². The van der Waals surface area contributed by atoms with Gasteiger partial charge in [-0.2, -0.15) is 0 Å². The van der Waals surface area contributed by atoms with Crippen molar-refractivity contribution in [2.75, 3.05) is 6.61 Å². The van der Waals surface area contributed by atoms with Gasteiger partial charge in [0.1, 0.15) is 0 Å². The van der Waals surface area contributed by atoms with Gasteiger partial charge in [0.15, 0.2) is 0 Å². The molecule has 0 saturated heterocycles. The van der Waals surface area contributed by atoms with E-state index in [0.29, 0.717) is 0 Å². The van der Waals surface area contributed by atoms with Crippen LogP contribution in [0.25, 0.3) is 0 Å². The molecule has 1 unspecified atom stereocenters. The number of hydrogen-bond donors (Lipinski definition) is 2. The SMILES string of the molecule is CCC(N[C@H](CO)Cc1ccccc1)c1cccc(Cl)c1. The smallest absolute Gasteiger partial charge is 0.0588 e. The van der Waals surface area contributed by atoms with E-state index in [1.165, 1.54) is 5.56 Å². The molecule has 0 aliphatic rings. The van der Waals surface area contributed by atoms with Crippen molar-refractivity contribution in [3.63, 3.8) is 0 Å². The summed E-state index contributed by atoms with van der Waals surface area (Å²) in [6.07, 6.45) is 1.76. The number of hydrogen-bond acceptors (Lipinski definition) is 2. The molecule has 0 saturated carbocycles. The van der Waals surface area contributed by atoms with E-state index in [2.05, 4.69) is 30.4 Å². The first-order valence-corrected chi connectivity index (χ1v) is 7.77. The number of halogens is 1. The topological polar surface area (TPSA) is 32.3 Å². The fraction of sp³-hybridized carbons (Fsp3) is 0.333. The summed E-state index contributed by atoms with van der Waals surface area (Å²) in [6.45, 7) is 2.25. The fourth-order valence-corrected chi connectivity index (χ4v) is 2.73. The standard InChI is InChI=1S/C18H22ClNO/c1-2-18(15-9-6-10-16(19)12-15)20-17(13-21)11-14-7-4-3-5-8-14/h3-10,12,17-18,20-21H,2,11,13H2,1H3/t17-,18?/m0/s1. The van der Waals surface area contributed by atoms with E-state index >= 15 is 0 Å². The van der Waals surface area contributed by atoms with Crippen molar-refractivity contribution >= 4 is 11.6 Å². The Kier molecular flexibility index (Phi) is 6.24. The van der Waals surface area contributed by atoms with Crippen molar-refractivity contribution in [3.8, 4) is 0 Å². The average Bonchev–Trinajstić information content (AvgIpc) is 2.52. The van der Waals surface area contributed by atoms with Gasteiger partial charge in [-0.25, -0.2) is 0 Å². The molecule has 0 heterocycles. The molecule has 0 aliphatic heterocycles. The van der Waals surface area contributed by atoms with Crippen molar-refractivity contribution < 1.29 is 5.11 Å². The lowest BCUT2D eigenvalue weighted by atomic mass is 10.0. The molecule has 21 heavy (non-hydrogen) atoms. The summed E-state index contributed by atoms with van der Waals surface area (Å²) in [5.74, 6) is 0. The lowest BCUT2D eigenvalue weighted by molar-refractivity contribution is 0.229. The first-order valence-electron chi connectivity index (χ1n) is 7.39. The molecule has 3 heteroatoms. The van der Waals surface area contributed by atoms with Crippen LogP contribution in [-0.2, 0) is 6.42 Å². The maximum absolute atomic E-state index is 9.64. The third kappa shape index (κ3) is 4.85. The Balaban J connectivity index is 2.05. The first kappa shape index (κ1) is 16.0. The molecular weight excluding hydrogens is 282 g/mol. The molecule has 2 aromatic rings. The number of benzene rings is 2. The van der Waals surface area contributed by atoms with Crippen LogP contribution in [0.1, 0.15) is 30.5 Å². The second-order valence-electron chi connectivity index (χ2n) is 5.25. The normalized spacial score (nSPS) is 13.9. The summed E-state index contributed by atoms with van der Waals surface area (Å²) in [5.41, 5.74) is 2.39. The lowest BCUT2D eigenvalue weighted by Gasteiger charge is -2.24. The predicted molar refractivity (Wildman–Crippen MR) is 88.6 cm³/mol. The zero-order chi connectivity index (χ0) is 15.1. The molecule has 112 valence electrons. The van der Waals surface area contributed by atoms with Crippen molar-refractivity contribution in [2.24, 2.45) is 0 Å². The molecule has 0 aliphatic carbocycles.